The third-order valence-electron chi connectivity index (χ3n) is 2.52. The Hall–Kier alpha value is -2.82. The number of amides is 1. The van der Waals surface area contributed by atoms with Gasteiger partial charge in [-0.2, -0.15) is 0 Å². The summed E-state index contributed by atoms with van der Waals surface area (Å²) in [6, 6.07) is 15.2. The van der Waals surface area contributed by atoms with Gasteiger partial charge in [-0.3, -0.25) is 5.32 Å². The highest BCUT2D eigenvalue weighted by molar-refractivity contribution is 5.99. The summed E-state index contributed by atoms with van der Waals surface area (Å²) in [6.07, 6.45) is -0.674. The SMILES string of the molecule is COC(=O)c1ccccc1NC(=O)Oc1ccccc1. The lowest BCUT2D eigenvalue weighted by Gasteiger charge is -2.09. The fraction of sp³-hybridized carbons (Fsp3) is 0.0667. The van der Waals surface area contributed by atoms with E-state index in [0.717, 1.165) is 0 Å². The Balaban J connectivity index is 2.10. The van der Waals surface area contributed by atoms with Gasteiger partial charge in [-0.1, -0.05) is 30.3 Å². The van der Waals surface area contributed by atoms with Crippen molar-refractivity contribution in [3.8, 4) is 5.75 Å². The van der Waals surface area contributed by atoms with Crippen LogP contribution < -0.4 is 10.1 Å². The Bertz CT molecular complexity index is 610. The summed E-state index contributed by atoms with van der Waals surface area (Å²) in [5, 5.41) is 2.51. The first kappa shape index (κ1) is 13.6. The van der Waals surface area contributed by atoms with Crippen LogP contribution in [0.2, 0.25) is 0 Å². The highest BCUT2D eigenvalue weighted by Crippen LogP contribution is 2.17. The summed E-state index contributed by atoms with van der Waals surface area (Å²) < 4.78 is 9.73. The van der Waals surface area contributed by atoms with Crippen molar-refractivity contribution >= 4 is 17.7 Å². The highest BCUT2D eigenvalue weighted by atomic mass is 16.6. The van der Waals surface area contributed by atoms with Crippen LogP contribution in [0.4, 0.5) is 10.5 Å². The van der Waals surface area contributed by atoms with Crippen LogP contribution in [-0.2, 0) is 4.74 Å². The first-order chi connectivity index (χ1) is 9.70. The van der Waals surface area contributed by atoms with Crippen LogP contribution in [0.1, 0.15) is 10.4 Å². The molecule has 0 unspecified atom stereocenters. The van der Waals surface area contributed by atoms with Crippen molar-refractivity contribution in [2.75, 3.05) is 12.4 Å². The topological polar surface area (TPSA) is 64.6 Å². The van der Waals surface area contributed by atoms with Gasteiger partial charge in [0.05, 0.1) is 18.4 Å². The lowest BCUT2D eigenvalue weighted by atomic mass is 10.2. The predicted octanol–water partition coefficient (Wildman–Crippen LogP) is 3.08. The third kappa shape index (κ3) is 3.35. The van der Waals surface area contributed by atoms with Crippen LogP contribution in [0, 0.1) is 0 Å². The van der Waals surface area contributed by atoms with E-state index in [2.05, 4.69) is 10.1 Å². The number of para-hydroxylation sites is 2. The summed E-state index contributed by atoms with van der Waals surface area (Å²) >= 11 is 0. The average Bonchev–Trinajstić information content (AvgIpc) is 2.48. The molecule has 2 aromatic carbocycles. The fourth-order valence-corrected chi connectivity index (χ4v) is 1.61. The maximum Gasteiger partial charge on any atom is 0.417 e. The average molecular weight is 271 g/mol. The molecule has 20 heavy (non-hydrogen) atoms. The molecule has 0 aliphatic rings. The number of nitrogens with one attached hydrogen (secondary N) is 1. The summed E-state index contributed by atoms with van der Waals surface area (Å²) in [6.45, 7) is 0. The zero-order valence-electron chi connectivity index (χ0n) is 10.8. The van der Waals surface area contributed by atoms with Gasteiger partial charge in [0.25, 0.3) is 0 Å². The molecule has 2 aromatic rings. The molecule has 0 atom stereocenters. The summed E-state index contributed by atoms with van der Waals surface area (Å²) in [5.41, 5.74) is 0.597. The minimum Gasteiger partial charge on any atom is -0.465 e. The Labute approximate surface area is 116 Å². The molecule has 0 aliphatic heterocycles. The van der Waals surface area contributed by atoms with E-state index < -0.39 is 12.1 Å². The van der Waals surface area contributed by atoms with Gasteiger partial charge in [0.1, 0.15) is 5.75 Å². The standard InChI is InChI=1S/C15H13NO4/c1-19-14(17)12-9-5-6-10-13(12)16-15(18)20-11-7-3-2-4-8-11/h2-10H,1H3,(H,16,18). The van der Waals surface area contributed by atoms with E-state index in [1.807, 2.05) is 6.07 Å². The number of anilines is 1. The molecule has 0 aromatic heterocycles. The molecular weight excluding hydrogens is 258 g/mol. The number of rotatable bonds is 3. The lowest BCUT2D eigenvalue weighted by Crippen LogP contribution is -2.19. The minimum atomic E-state index is -0.674. The number of hydrogen-bond donors (Lipinski definition) is 1. The first-order valence-corrected chi connectivity index (χ1v) is 5.92. The number of carbonyl (C=O) groups excluding carboxylic acids is 2. The van der Waals surface area contributed by atoms with Crippen molar-refractivity contribution in [3.63, 3.8) is 0 Å². The Morgan fingerprint density at radius 3 is 2.30 bits per heavy atom. The van der Waals surface area contributed by atoms with E-state index in [9.17, 15) is 9.59 Å². The molecule has 0 fully saturated rings. The molecule has 5 heteroatoms. The molecule has 0 heterocycles. The lowest BCUT2D eigenvalue weighted by molar-refractivity contribution is 0.0602. The number of hydrogen-bond acceptors (Lipinski definition) is 4. The van der Waals surface area contributed by atoms with E-state index in [4.69, 9.17) is 4.74 Å². The van der Waals surface area contributed by atoms with Crippen molar-refractivity contribution in [3.05, 3.63) is 60.2 Å². The van der Waals surface area contributed by atoms with Gasteiger partial charge < -0.3 is 9.47 Å². The molecule has 0 saturated heterocycles. The van der Waals surface area contributed by atoms with Crippen LogP contribution in [0.25, 0.3) is 0 Å². The zero-order chi connectivity index (χ0) is 14.4. The van der Waals surface area contributed by atoms with Gasteiger partial charge >= 0.3 is 12.1 Å². The fourth-order valence-electron chi connectivity index (χ4n) is 1.61. The summed E-state index contributed by atoms with van der Waals surface area (Å²) in [7, 11) is 1.28. The summed E-state index contributed by atoms with van der Waals surface area (Å²) in [4.78, 5) is 23.3. The predicted molar refractivity (Wildman–Crippen MR) is 73.9 cm³/mol. The van der Waals surface area contributed by atoms with E-state index in [-0.39, 0.29) is 5.56 Å². The van der Waals surface area contributed by atoms with E-state index in [0.29, 0.717) is 11.4 Å². The molecule has 0 spiro atoms. The second-order valence-electron chi connectivity index (χ2n) is 3.86. The molecule has 102 valence electrons. The molecule has 1 amide bonds. The van der Waals surface area contributed by atoms with E-state index >= 15 is 0 Å². The quantitative estimate of drug-likeness (QED) is 0.871. The number of esters is 1. The van der Waals surface area contributed by atoms with Gasteiger partial charge in [-0.25, -0.2) is 9.59 Å². The maximum atomic E-state index is 11.8. The van der Waals surface area contributed by atoms with Crippen molar-refractivity contribution in [1.82, 2.24) is 0 Å². The van der Waals surface area contributed by atoms with Crippen LogP contribution in [0.5, 0.6) is 5.75 Å². The molecule has 0 bridgehead atoms. The number of methoxy groups -OCH3 is 1. The Morgan fingerprint density at radius 1 is 0.950 bits per heavy atom. The number of benzene rings is 2. The van der Waals surface area contributed by atoms with Gasteiger partial charge in [0.2, 0.25) is 0 Å². The second kappa shape index (κ2) is 6.38. The van der Waals surface area contributed by atoms with E-state index in [1.165, 1.54) is 7.11 Å². The maximum absolute atomic E-state index is 11.8. The normalized spacial score (nSPS) is 9.65. The molecule has 0 aliphatic carbocycles. The van der Waals surface area contributed by atoms with Crippen molar-refractivity contribution in [2.24, 2.45) is 0 Å². The molecule has 2 rings (SSSR count). The van der Waals surface area contributed by atoms with Crippen molar-refractivity contribution < 1.29 is 19.1 Å². The molecule has 0 saturated carbocycles. The van der Waals surface area contributed by atoms with Crippen LogP contribution in [0.15, 0.2) is 54.6 Å². The number of carbonyl (C=O) groups is 2. The minimum absolute atomic E-state index is 0.264. The smallest absolute Gasteiger partial charge is 0.417 e. The van der Waals surface area contributed by atoms with Crippen LogP contribution in [-0.4, -0.2) is 19.2 Å². The number of ether oxygens (including phenoxy) is 2. The molecule has 1 N–H and O–H groups in total. The zero-order valence-corrected chi connectivity index (χ0v) is 10.8. The highest BCUT2D eigenvalue weighted by Gasteiger charge is 2.13. The van der Waals surface area contributed by atoms with Gasteiger partial charge in [0.15, 0.2) is 0 Å². The molecular formula is C15H13NO4. The molecule has 5 nitrogen and oxygen atoms in total. The van der Waals surface area contributed by atoms with Gasteiger partial charge in [-0.05, 0) is 24.3 Å². The molecule has 0 radical (unpaired) electrons. The summed E-state index contributed by atoms with van der Waals surface area (Å²) in [5.74, 6) is -0.110. The van der Waals surface area contributed by atoms with Crippen molar-refractivity contribution in [2.45, 2.75) is 0 Å². The van der Waals surface area contributed by atoms with Crippen LogP contribution in [0.3, 0.4) is 0 Å². The largest absolute Gasteiger partial charge is 0.465 e. The van der Waals surface area contributed by atoms with Gasteiger partial charge in [-0.15, -0.1) is 0 Å². The third-order valence-corrected chi connectivity index (χ3v) is 2.52. The Kier molecular flexibility index (Phi) is 4.34. The first-order valence-electron chi connectivity index (χ1n) is 5.92. The van der Waals surface area contributed by atoms with E-state index in [1.54, 1.807) is 48.5 Å². The monoisotopic (exact) mass is 271 g/mol. The Morgan fingerprint density at radius 2 is 1.60 bits per heavy atom. The second-order valence-corrected chi connectivity index (χ2v) is 3.86. The van der Waals surface area contributed by atoms with Crippen molar-refractivity contribution in [1.29, 1.82) is 0 Å². The van der Waals surface area contributed by atoms with Gasteiger partial charge in [0, 0.05) is 0 Å². The van der Waals surface area contributed by atoms with Crippen LogP contribution >= 0.6 is 0 Å².